The lowest BCUT2D eigenvalue weighted by atomic mass is 10.1. The van der Waals surface area contributed by atoms with Crippen LogP contribution in [0.25, 0.3) is 0 Å². The summed E-state index contributed by atoms with van der Waals surface area (Å²) in [5.74, 6) is 0.324. The zero-order chi connectivity index (χ0) is 13.1. The Hall–Kier alpha value is -1.95. The van der Waals surface area contributed by atoms with Gasteiger partial charge in [-0.3, -0.25) is 0 Å². The summed E-state index contributed by atoms with van der Waals surface area (Å²) in [5, 5.41) is 12.9. The summed E-state index contributed by atoms with van der Waals surface area (Å²) in [6.45, 7) is 3.26. The van der Waals surface area contributed by atoms with Gasteiger partial charge in [0, 0.05) is 0 Å². The number of halogens is 1. The molecule has 96 valence electrons. The van der Waals surface area contributed by atoms with Crippen molar-refractivity contribution in [2.75, 3.05) is 0 Å². The number of aryl methyl sites for hydroxylation is 1. The topological polar surface area (TPSA) is 68.4 Å². The van der Waals surface area contributed by atoms with E-state index >= 15 is 0 Å². The first-order valence-electron chi connectivity index (χ1n) is 5.46. The molecule has 6 heteroatoms. The smallest absolute Gasteiger partial charge is 0.264 e. The van der Waals surface area contributed by atoms with E-state index in [1.54, 1.807) is 19.9 Å². The molecule has 18 heavy (non-hydrogen) atoms. The second-order valence-corrected chi connectivity index (χ2v) is 3.89. The minimum absolute atomic E-state index is 0.00574. The molecule has 2 aromatic rings. The van der Waals surface area contributed by atoms with Gasteiger partial charge in [-0.15, -0.1) is 0 Å². The number of nitrogens with zero attached hydrogens (tertiary/aromatic N) is 2. The highest BCUT2D eigenvalue weighted by atomic mass is 19.1. The van der Waals surface area contributed by atoms with Gasteiger partial charge in [-0.25, -0.2) is 4.39 Å². The number of aliphatic hydroxyl groups is 1. The number of ether oxygens (including phenoxy) is 1. The molecule has 1 aromatic carbocycles. The van der Waals surface area contributed by atoms with Gasteiger partial charge in [-0.1, -0.05) is 11.2 Å². The van der Waals surface area contributed by atoms with Crippen molar-refractivity contribution in [1.82, 2.24) is 10.1 Å². The fourth-order valence-electron chi connectivity index (χ4n) is 1.43. The lowest BCUT2D eigenvalue weighted by molar-refractivity contribution is 0.198. The highest BCUT2D eigenvalue weighted by Gasteiger charge is 2.10. The van der Waals surface area contributed by atoms with E-state index in [9.17, 15) is 9.50 Å². The molecule has 2 rings (SSSR count). The van der Waals surface area contributed by atoms with Gasteiger partial charge in [0.15, 0.2) is 24.0 Å². The molecular formula is C12H13FN2O3. The number of hydrogen-bond acceptors (Lipinski definition) is 5. The van der Waals surface area contributed by atoms with Crippen molar-refractivity contribution in [2.45, 2.75) is 26.6 Å². The molecule has 0 amide bonds. The Morgan fingerprint density at radius 3 is 2.83 bits per heavy atom. The maximum Gasteiger partial charge on any atom is 0.264 e. The average molecular weight is 252 g/mol. The summed E-state index contributed by atoms with van der Waals surface area (Å²) < 4.78 is 23.7. The van der Waals surface area contributed by atoms with Gasteiger partial charge >= 0.3 is 0 Å². The van der Waals surface area contributed by atoms with Crippen LogP contribution < -0.4 is 4.74 Å². The predicted octanol–water partition coefficient (Wildman–Crippen LogP) is 2.15. The molecule has 1 heterocycles. The molecule has 0 fully saturated rings. The van der Waals surface area contributed by atoms with Gasteiger partial charge in [-0.2, -0.15) is 4.98 Å². The molecular weight excluding hydrogens is 239 g/mol. The summed E-state index contributed by atoms with van der Waals surface area (Å²) in [6, 6.07) is 4.29. The summed E-state index contributed by atoms with van der Waals surface area (Å²) >= 11 is 0. The zero-order valence-corrected chi connectivity index (χ0v) is 10.1. The van der Waals surface area contributed by atoms with Gasteiger partial charge < -0.3 is 14.4 Å². The second kappa shape index (κ2) is 5.14. The predicted molar refractivity (Wildman–Crippen MR) is 60.4 cm³/mol. The van der Waals surface area contributed by atoms with Crippen molar-refractivity contribution < 1.29 is 18.8 Å². The van der Waals surface area contributed by atoms with Crippen LogP contribution in [-0.2, 0) is 6.61 Å². The molecule has 0 bridgehead atoms. The Kier molecular flexibility index (Phi) is 3.57. The largest absolute Gasteiger partial charge is 0.481 e. The van der Waals surface area contributed by atoms with E-state index in [-0.39, 0.29) is 18.2 Å². The number of aromatic nitrogens is 2. The van der Waals surface area contributed by atoms with Gasteiger partial charge in [0.2, 0.25) is 0 Å². The van der Waals surface area contributed by atoms with E-state index in [2.05, 4.69) is 10.1 Å². The third kappa shape index (κ3) is 2.84. The van der Waals surface area contributed by atoms with Crippen LogP contribution in [0.1, 0.15) is 30.3 Å². The van der Waals surface area contributed by atoms with Crippen LogP contribution in [0.3, 0.4) is 0 Å². The van der Waals surface area contributed by atoms with Crippen molar-refractivity contribution in [3.8, 4) is 5.75 Å². The summed E-state index contributed by atoms with van der Waals surface area (Å²) in [7, 11) is 0. The van der Waals surface area contributed by atoms with E-state index in [1.165, 1.54) is 12.1 Å². The standard InChI is InChI=1S/C12H13FN2O3/c1-7(16)9-3-4-11(10(13)5-9)17-6-12-14-8(2)15-18-12/h3-5,7,16H,6H2,1-2H3/t7-/m0/s1. The van der Waals surface area contributed by atoms with Crippen LogP contribution in [0.5, 0.6) is 5.75 Å². The van der Waals surface area contributed by atoms with Crippen molar-refractivity contribution in [2.24, 2.45) is 0 Å². The zero-order valence-electron chi connectivity index (χ0n) is 10.1. The molecule has 0 aliphatic heterocycles. The average Bonchev–Trinajstić information content (AvgIpc) is 2.73. The van der Waals surface area contributed by atoms with Crippen LogP contribution in [-0.4, -0.2) is 15.2 Å². The van der Waals surface area contributed by atoms with Crippen LogP contribution in [0, 0.1) is 12.7 Å². The summed E-state index contributed by atoms with van der Waals surface area (Å²) in [5.41, 5.74) is 0.494. The van der Waals surface area contributed by atoms with Crippen molar-refractivity contribution in [1.29, 1.82) is 0 Å². The highest BCUT2D eigenvalue weighted by molar-refractivity contribution is 5.30. The fourth-order valence-corrected chi connectivity index (χ4v) is 1.43. The third-order valence-corrected chi connectivity index (χ3v) is 2.36. The maximum atomic E-state index is 13.6. The first-order valence-corrected chi connectivity index (χ1v) is 5.46. The van der Waals surface area contributed by atoms with E-state index < -0.39 is 11.9 Å². The maximum absolute atomic E-state index is 13.6. The van der Waals surface area contributed by atoms with E-state index in [1.807, 2.05) is 0 Å². The van der Waals surface area contributed by atoms with E-state index in [0.29, 0.717) is 11.4 Å². The molecule has 1 aromatic heterocycles. The molecule has 0 radical (unpaired) electrons. The lowest BCUT2D eigenvalue weighted by Gasteiger charge is -2.08. The summed E-state index contributed by atoms with van der Waals surface area (Å²) in [6.07, 6.45) is -0.716. The van der Waals surface area contributed by atoms with Crippen LogP contribution in [0.15, 0.2) is 22.7 Å². The van der Waals surface area contributed by atoms with Crippen LogP contribution >= 0.6 is 0 Å². The number of aliphatic hydroxyl groups excluding tert-OH is 1. The first-order chi connectivity index (χ1) is 8.56. The summed E-state index contributed by atoms with van der Waals surface area (Å²) in [4.78, 5) is 3.94. The first kappa shape index (κ1) is 12.5. The van der Waals surface area contributed by atoms with E-state index in [4.69, 9.17) is 9.26 Å². The van der Waals surface area contributed by atoms with Gasteiger partial charge in [0.05, 0.1) is 6.10 Å². The van der Waals surface area contributed by atoms with Crippen molar-refractivity contribution in [3.63, 3.8) is 0 Å². The Morgan fingerprint density at radius 1 is 1.50 bits per heavy atom. The lowest BCUT2D eigenvalue weighted by Crippen LogP contribution is -1.99. The molecule has 0 aliphatic carbocycles. The minimum atomic E-state index is -0.716. The van der Waals surface area contributed by atoms with Crippen molar-refractivity contribution >= 4 is 0 Å². The third-order valence-electron chi connectivity index (χ3n) is 2.36. The fraction of sp³-hybridized carbons (Fsp3) is 0.333. The Bertz CT molecular complexity index is 540. The highest BCUT2D eigenvalue weighted by Crippen LogP contribution is 2.22. The molecule has 0 spiro atoms. The number of hydrogen-bond donors (Lipinski definition) is 1. The molecule has 1 atom stereocenters. The Labute approximate surface area is 103 Å². The van der Waals surface area contributed by atoms with Crippen LogP contribution in [0.2, 0.25) is 0 Å². The van der Waals surface area contributed by atoms with Gasteiger partial charge in [0.1, 0.15) is 0 Å². The van der Waals surface area contributed by atoms with Crippen molar-refractivity contribution in [3.05, 3.63) is 41.3 Å². The minimum Gasteiger partial charge on any atom is -0.481 e. The Balaban J connectivity index is 2.05. The quantitative estimate of drug-likeness (QED) is 0.902. The van der Waals surface area contributed by atoms with Crippen LogP contribution in [0.4, 0.5) is 4.39 Å². The molecule has 0 unspecified atom stereocenters. The number of rotatable bonds is 4. The molecule has 0 aliphatic rings. The monoisotopic (exact) mass is 252 g/mol. The van der Waals surface area contributed by atoms with Gasteiger partial charge in [-0.05, 0) is 31.5 Å². The van der Waals surface area contributed by atoms with Gasteiger partial charge in [0.25, 0.3) is 5.89 Å². The molecule has 0 saturated heterocycles. The second-order valence-electron chi connectivity index (χ2n) is 3.89. The Morgan fingerprint density at radius 2 is 2.28 bits per heavy atom. The normalized spacial score (nSPS) is 12.4. The van der Waals surface area contributed by atoms with E-state index in [0.717, 1.165) is 0 Å². The SMILES string of the molecule is Cc1noc(COc2ccc([C@H](C)O)cc2F)n1. The molecule has 0 saturated carbocycles. The molecule has 5 nitrogen and oxygen atoms in total. The number of benzene rings is 1. The molecule has 1 N–H and O–H groups in total.